The van der Waals surface area contributed by atoms with Gasteiger partial charge >= 0.3 is 12.4 Å². The first-order valence-corrected chi connectivity index (χ1v) is 14.6. The van der Waals surface area contributed by atoms with Gasteiger partial charge in [-0.3, -0.25) is 4.57 Å². The third kappa shape index (κ3) is 7.45. The van der Waals surface area contributed by atoms with Crippen LogP contribution in [0.1, 0.15) is 42.8 Å². The normalized spacial score (nSPS) is 13.6. The summed E-state index contributed by atoms with van der Waals surface area (Å²) in [7, 11) is 0. The van der Waals surface area contributed by atoms with E-state index in [2.05, 4.69) is 33.7 Å². The fourth-order valence-corrected chi connectivity index (χ4v) is 5.42. The molecule has 234 valence electrons. The van der Waals surface area contributed by atoms with E-state index in [0.29, 0.717) is 16.1 Å². The lowest BCUT2D eigenvalue weighted by molar-refractivity contribution is -0.274. The van der Waals surface area contributed by atoms with Gasteiger partial charge in [-0.15, -0.1) is 29.6 Å². The molecule has 0 saturated carbocycles. The number of ether oxygens (including phenoxy) is 1. The lowest BCUT2D eigenvalue weighted by atomic mass is 10.0. The van der Waals surface area contributed by atoms with Crippen molar-refractivity contribution in [2.75, 3.05) is 0 Å². The number of hydrogen-bond donors (Lipinski definition) is 1. The lowest BCUT2D eigenvalue weighted by Gasteiger charge is -2.15. The third-order valence-corrected chi connectivity index (χ3v) is 7.65. The molecule has 3 aromatic carbocycles. The Hall–Kier alpha value is -4.85. The van der Waals surface area contributed by atoms with E-state index in [9.17, 15) is 22.4 Å². The number of alkyl halides is 5. The number of carbonyl (C=O) groups excluding carboxylic acids is 1. The van der Waals surface area contributed by atoms with Crippen molar-refractivity contribution in [1.29, 1.82) is 0 Å². The first kappa shape index (κ1) is 31.6. The maximum atomic E-state index is 15.1. The molecule has 0 aliphatic carbocycles. The largest absolute Gasteiger partial charge is 0.573 e. The van der Waals surface area contributed by atoms with Crippen LogP contribution >= 0.6 is 11.3 Å². The molecule has 8 nitrogen and oxygen atoms in total. The van der Waals surface area contributed by atoms with Crippen molar-refractivity contribution in [3.05, 3.63) is 106 Å². The molecular formula is C31H27F5N6O2S. The SMILES string of the molecule is Cc1cs/c(=N\C(=O)NC(F)C(F)c2ccc(-c3ncn(-c4ccc(OC(F)(F)F)cc4)n3)cc2)n1-c1ccccc1C(C)C. The number of carbonyl (C=O) groups is 1. The minimum absolute atomic E-state index is 0.0286. The van der Waals surface area contributed by atoms with Gasteiger partial charge < -0.3 is 10.1 Å². The second kappa shape index (κ2) is 13.0. The van der Waals surface area contributed by atoms with Gasteiger partial charge in [0.05, 0.1) is 11.4 Å². The van der Waals surface area contributed by atoms with Crippen molar-refractivity contribution in [1.82, 2.24) is 24.6 Å². The zero-order chi connectivity index (χ0) is 32.3. The van der Waals surface area contributed by atoms with Crippen molar-refractivity contribution < 1.29 is 31.5 Å². The molecule has 0 aliphatic heterocycles. The molecule has 0 bridgehead atoms. The number of aromatic nitrogens is 4. The summed E-state index contributed by atoms with van der Waals surface area (Å²) >= 11 is 1.21. The highest BCUT2D eigenvalue weighted by atomic mass is 32.1. The number of aryl methyl sites for hydroxylation is 1. The monoisotopic (exact) mass is 642 g/mol. The Balaban J connectivity index is 1.26. The van der Waals surface area contributed by atoms with E-state index in [-0.39, 0.29) is 23.1 Å². The summed E-state index contributed by atoms with van der Waals surface area (Å²) in [6.07, 6.45) is -7.99. The van der Waals surface area contributed by atoms with Crippen LogP contribution in [0.15, 0.2) is 89.5 Å². The fraction of sp³-hybridized carbons (Fsp3) is 0.226. The summed E-state index contributed by atoms with van der Waals surface area (Å²) in [4.78, 5) is 21.2. The number of urea groups is 1. The number of halogens is 5. The first-order chi connectivity index (χ1) is 21.4. The topological polar surface area (TPSA) is 86.3 Å². The van der Waals surface area contributed by atoms with Crippen LogP contribution in [0, 0.1) is 6.92 Å². The van der Waals surface area contributed by atoms with Crippen LogP contribution in [0.25, 0.3) is 22.8 Å². The number of para-hydroxylation sites is 1. The van der Waals surface area contributed by atoms with E-state index in [1.165, 1.54) is 58.7 Å². The Labute approximate surface area is 258 Å². The van der Waals surface area contributed by atoms with Crippen molar-refractivity contribution >= 4 is 17.4 Å². The zero-order valence-electron chi connectivity index (χ0n) is 24.2. The number of amides is 2. The number of rotatable bonds is 8. The molecular weight excluding hydrogens is 615 g/mol. The van der Waals surface area contributed by atoms with E-state index in [4.69, 9.17) is 0 Å². The van der Waals surface area contributed by atoms with E-state index in [1.807, 2.05) is 46.5 Å². The number of benzene rings is 3. The quantitative estimate of drug-likeness (QED) is 0.139. The highest BCUT2D eigenvalue weighted by Gasteiger charge is 2.31. The number of nitrogens with zero attached hydrogens (tertiary/aromatic N) is 5. The molecule has 1 N–H and O–H groups in total. The molecule has 2 heterocycles. The summed E-state index contributed by atoms with van der Waals surface area (Å²) in [5.41, 5.74) is 3.62. The third-order valence-electron chi connectivity index (χ3n) is 6.71. The smallest absolute Gasteiger partial charge is 0.406 e. The Morgan fingerprint density at radius 3 is 2.36 bits per heavy atom. The summed E-state index contributed by atoms with van der Waals surface area (Å²) in [5, 5.41) is 8.11. The number of nitrogens with one attached hydrogen (secondary N) is 1. The fourth-order valence-electron chi connectivity index (χ4n) is 4.56. The molecule has 2 amide bonds. The molecule has 2 unspecified atom stereocenters. The molecule has 45 heavy (non-hydrogen) atoms. The van der Waals surface area contributed by atoms with Crippen LogP contribution in [-0.2, 0) is 0 Å². The van der Waals surface area contributed by atoms with Gasteiger partial charge in [-0.2, -0.15) is 4.99 Å². The molecule has 0 aliphatic rings. The van der Waals surface area contributed by atoms with Gasteiger partial charge in [-0.05, 0) is 54.3 Å². The molecule has 5 rings (SSSR count). The number of thiazole rings is 1. The Morgan fingerprint density at radius 2 is 1.69 bits per heavy atom. The second-order valence-corrected chi connectivity index (χ2v) is 11.1. The summed E-state index contributed by atoms with van der Waals surface area (Å²) in [5.74, 6) is 0.0734. The van der Waals surface area contributed by atoms with Gasteiger partial charge in [0.1, 0.15) is 12.1 Å². The molecule has 0 fully saturated rings. The molecule has 0 spiro atoms. The average Bonchev–Trinajstić information content (AvgIpc) is 3.63. The predicted molar refractivity (Wildman–Crippen MR) is 159 cm³/mol. The van der Waals surface area contributed by atoms with Crippen LogP contribution in [0.4, 0.5) is 26.7 Å². The van der Waals surface area contributed by atoms with Gasteiger partial charge in [0, 0.05) is 16.6 Å². The van der Waals surface area contributed by atoms with Crippen molar-refractivity contribution in [3.8, 4) is 28.5 Å². The van der Waals surface area contributed by atoms with Gasteiger partial charge in [0.15, 0.2) is 16.8 Å². The summed E-state index contributed by atoms with van der Waals surface area (Å²) in [6.45, 7) is 5.98. The highest BCUT2D eigenvalue weighted by molar-refractivity contribution is 7.07. The Kier molecular flexibility index (Phi) is 9.14. The second-order valence-electron chi connectivity index (χ2n) is 10.2. The van der Waals surface area contributed by atoms with Crippen LogP contribution in [0.5, 0.6) is 5.75 Å². The van der Waals surface area contributed by atoms with Crippen molar-refractivity contribution in [3.63, 3.8) is 0 Å². The Bertz CT molecular complexity index is 1850. The summed E-state index contributed by atoms with van der Waals surface area (Å²) < 4.78 is 74.2. The van der Waals surface area contributed by atoms with Gasteiger partial charge in [-0.25, -0.2) is 23.2 Å². The van der Waals surface area contributed by atoms with Crippen LogP contribution < -0.4 is 14.9 Å². The molecule has 5 aromatic rings. The highest BCUT2D eigenvalue weighted by Crippen LogP contribution is 2.27. The molecule has 14 heteroatoms. The zero-order valence-corrected chi connectivity index (χ0v) is 25.0. The van der Waals surface area contributed by atoms with Crippen LogP contribution in [-0.4, -0.2) is 38.0 Å². The molecule has 2 aromatic heterocycles. The van der Waals surface area contributed by atoms with E-state index in [1.54, 1.807) is 0 Å². The van der Waals surface area contributed by atoms with Crippen LogP contribution in [0.3, 0.4) is 0 Å². The maximum Gasteiger partial charge on any atom is 0.573 e. The Morgan fingerprint density at radius 1 is 1.00 bits per heavy atom. The van der Waals surface area contributed by atoms with E-state index < -0.39 is 24.9 Å². The first-order valence-electron chi connectivity index (χ1n) is 13.7. The lowest BCUT2D eigenvalue weighted by Crippen LogP contribution is -2.34. The van der Waals surface area contributed by atoms with Gasteiger partial charge in [0.25, 0.3) is 0 Å². The minimum Gasteiger partial charge on any atom is -0.406 e. The van der Waals surface area contributed by atoms with Crippen molar-refractivity contribution in [2.24, 2.45) is 4.99 Å². The van der Waals surface area contributed by atoms with Gasteiger partial charge in [0.2, 0.25) is 6.30 Å². The number of hydrogen-bond acceptors (Lipinski definition) is 5. The van der Waals surface area contributed by atoms with Gasteiger partial charge in [-0.1, -0.05) is 56.3 Å². The molecule has 2 atom stereocenters. The van der Waals surface area contributed by atoms with E-state index >= 15 is 4.39 Å². The van der Waals surface area contributed by atoms with E-state index in [0.717, 1.165) is 29.1 Å². The van der Waals surface area contributed by atoms with Crippen LogP contribution in [0.2, 0.25) is 0 Å². The predicted octanol–water partition coefficient (Wildman–Crippen LogP) is 7.73. The standard InChI is InChI=1S/C31H27F5N6O2S/c1-18(2)24-6-4-5-7-25(24)42-19(3)16-45-30(42)39-29(43)38-27(33)26(32)20-8-10-21(11-9-20)28-37-17-41(40-28)22-12-14-23(15-13-22)44-31(34,35)36/h4-18,26-27H,1-3H3,(H,38,43)/b39-30-. The van der Waals surface area contributed by atoms with Crippen molar-refractivity contribution in [2.45, 2.75) is 45.5 Å². The summed E-state index contributed by atoms with van der Waals surface area (Å²) in [6, 6.07) is 17.4. The average molecular weight is 643 g/mol. The molecule has 0 saturated heterocycles. The maximum absolute atomic E-state index is 15.1. The molecule has 0 radical (unpaired) electrons. The minimum atomic E-state index is -4.80.